The van der Waals surface area contributed by atoms with E-state index in [2.05, 4.69) is 23.7 Å². The van der Waals surface area contributed by atoms with E-state index in [9.17, 15) is 0 Å². The minimum absolute atomic E-state index is 0.0434. The Morgan fingerprint density at radius 3 is 2.56 bits per heavy atom. The molecule has 0 fully saturated rings. The summed E-state index contributed by atoms with van der Waals surface area (Å²) in [6, 6.07) is 3.99. The van der Waals surface area contributed by atoms with Gasteiger partial charge in [-0.05, 0) is 38.1 Å². The first-order valence-electron chi connectivity index (χ1n) is 6.43. The van der Waals surface area contributed by atoms with Gasteiger partial charge in [-0.1, -0.05) is 6.92 Å². The zero-order chi connectivity index (χ0) is 13.4. The number of pyridine rings is 1. The molecule has 0 aromatic carbocycles. The van der Waals surface area contributed by atoms with Crippen molar-refractivity contribution in [2.75, 3.05) is 27.3 Å². The van der Waals surface area contributed by atoms with Gasteiger partial charge >= 0.3 is 0 Å². The highest BCUT2D eigenvalue weighted by molar-refractivity contribution is 5.12. The van der Waals surface area contributed by atoms with Crippen molar-refractivity contribution in [3.05, 3.63) is 30.1 Å². The van der Waals surface area contributed by atoms with Crippen LogP contribution in [0.25, 0.3) is 0 Å². The third-order valence-corrected chi connectivity index (χ3v) is 2.98. The van der Waals surface area contributed by atoms with Crippen molar-refractivity contribution < 1.29 is 9.47 Å². The molecule has 1 heterocycles. The molecule has 0 spiro atoms. The molecular formula is C14H24N2O2. The predicted octanol–water partition coefficient (Wildman–Crippen LogP) is 2.47. The maximum atomic E-state index is 6.09. The topological polar surface area (TPSA) is 34.6 Å². The molecule has 0 aliphatic carbocycles. The molecule has 0 saturated carbocycles. The summed E-state index contributed by atoms with van der Waals surface area (Å²) in [7, 11) is 3.76. The molecule has 102 valence electrons. The molecule has 4 nitrogen and oxygen atoms in total. The van der Waals surface area contributed by atoms with Crippen LogP contribution in [0.4, 0.5) is 0 Å². The Morgan fingerprint density at radius 2 is 2.00 bits per heavy atom. The zero-order valence-corrected chi connectivity index (χ0v) is 11.8. The van der Waals surface area contributed by atoms with Crippen molar-refractivity contribution in [3.63, 3.8) is 0 Å². The molecule has 0 aliphatic heterocycles. The minimum atomic E-state index is -0.0434. The Bertz CT molecular complexity index is 319. The number of likely N-dealkylation sites (N-methyl/N-ethyl adjacent to an activating group) is 1. The van der Waals surface area contributed by atoms with E-state index in [0.717, 1.165) is 18.5 Å². The quantitative estimate of drug-likeness (QED) is 0.666. The van der Waals surface area contributed by atoms with Crippen LogP contribution >= 0.6 is 0 Å². The van der Waals surface area contributed by atoms with Crippen LogP contribution in [0.5, 0.6) is 0 Å². The molecular weight excluding hydrogens is 228 g/mol. The van der Waals surface area contributed by atoms with Gasteiger partial charge in [0.25, 0.3) is 0 Å². The number of methoxy groups -OCH3 is 1. The fraction of sp³-hybridized carbons (Fsp3) is 0.643. The van der Waals surface area contributed by atoms with E-state index in [4.69, 9.17) is 9.47 Å². The molecule has 0 N–H and O–H groups in total. The predicted molar refractivity (Wildman–Crippen MR) is 72.3 cm³/mol. The van der Waals surface area contributed by atoms with Gasteiger partial charge in [0.1, 0.15) is 6.23 Å². The highest BCUT2D eigenvalue weighted by atomic mass is 16.5. The van der Waals surface area contributed by atoms with Crippen molar-refractivity contribution >= 4 is 0 Å². The molecule has 0 saturated heterocycles. The second kappa shape index (κ2) is 8.19. The number of rotatable bonds is 8. The number of ether oxygens (including phenoxy) is 2. The number of nitrogens with zero attached hydrogens (tertiary/aromatic N) is 2. The van der Waals surface area contributed by atoms with E-state index < -0.39 is 0 Å². The monoisotopic (exact) mass is 252 g/mol. The van der Waals surface area contributed by atoms with Gasteiger partial charge in [-0.2, -0.15) is 0 Å². The van der Waals surface area contributed by atoms with E-state index >= 15 is 0 Å². The first kappa shape index (κ1) is 15.1. The molecule has 0 radical (unpaired) electrons. The van der Waals surface area contributed by atoms with Gasteiger partial charge in [-0.15, -0.1) is 0 Å². The van der Waals surface area contributed by atoms with Gasteiger partial charge in [0, 0.05) is 26.0 Å². The van der Waals surface area contributed by atoms with Crippen molar-refractivity contribution in [2.45, 2.75) is 32.6 Å². The molecule has 1 aromatic rings. The Morgan fingerprint density at radius 1 is 1.33 bits per heavy atom. The van der Waals surface area contributed by atoms with Gasteiger partial charge in [0.2, 0.25) is 0 Å². The molecule has 1 rings (SSSR count). The second-order valence-corrected chi connectivity index (χ2v) is 4.46. The fourth-order valence-electron chi connectivity index (χ4n) is 1.63. The number of hydrogen-bond donors (Lipinski definition) is 0. The summed E-state index contributed by atoms with van der Waals surface area (Å²) in [4.78, 5) is 6.21. The Balaban J connectivity index is 2.74. The summed E-state index contributed by atoms with van der Waals surface area (Å²) in [5.41, 5.74) is 1.13. The van der Waals surface area contributed by atoms with Crippen LogP contribution in [0.15, 0.2) is 24.5 Å². The minimum Gasteiger partial charge on any atom is -0.383 e. The largest absolute Gasteiger partial charge is 0.383 e. The Hall–Kier alpha value is -0.970. The molecule has 18 heavy (non-hydrogen) atoms. The van der Waals surface area contributed by atoms with Crippen LogP contribution in [-0.4, -0.2) is 43.3 Å². The summed E-state index contributed by atoms with van der Waals surface area (Å²) >= 11 is 0. The van der Waals surface area contributed by atoms with Crippen LogP contribution in [-0.2, 0) is 9.47 Å². The number of hydrogen-bond acceptors (Lipinski definition) is 4. The average molecular weight is 252 g/mol. The first-order valence-corrected chi connectivity index (χ1v) is 6.43. The van der Waals surface area contributed by atoms with Crippen LogP contribution in [0.1, 0.15) is 32.1 Å². The van der Waals surface area contributed by atoms with Gasteiger partial charge in [-0.3, -0.25) is 9.88 Å². The summed E-state index contributed by atoms with van der Waals surface area (Å²) in [6.45, 7) is 5.75. The standard InChI is InChI=1S/C14H24N2O2/c1-5-12(2)18-14(16(3)10-11-17-4)13-6-8-15-9-7-13/h6-9,12,14H,5,10-11H2,1-4H3. The summed E-state index contributed by atoms with van der Waals surface area (Å²) in [5, 5.41) is 0. The van der Waals surface area contributed by atoms with Crippen molar-refractivity contribution in [3.8, 4) is 0 Å². The molecule has 2 unspecified atom stereocenters. The van der Waals surface area contributed by atoms with E-state index in [1.165, 1.54) is 0 Å². The fourth-order valence-corrected chi connectivity index (χ4v) is 1.63. The van der Waals surface area contributed by atoms with Crippen molar-refractivity contribution in [1.82, 2.24) is 9.88 Å². The van der Waals surface area contributed by atoms with Crippen LogP contribution in [0, 0.1) is 0 Å². The Kier molecular flexibility index (Phi) is 6.86. The van der Waals surface area contributed by atoms with E-state index in [0.29, 0.717) is 6.61 Å². The highest BCUT2D eigenvalue weighted by Crippen LogP contribution is 2.22. The molecule has 0 bridgehead atoms. The van der Waals surface area contributed by atoms with E-state index in [1.54, 1.807) is 19.5 Å². The van der Waals surface area contributed by atoms with Crippen LogP contribution < -0.4 is 0 Å². The lowest BCUT2D eigenvalue weighted by molar-refractivity contribution is -0.0927. The molecule has 4 heteroatoms. The third-order valence-electron chi connectivity index (χ3n) is 2.98. The molecule has 1 aromatic heterocycles. The smallest absolute Gasteiger partial charge is 0.137 e. The van der Waals surface area contributed by atoms with Gasteiger partial charge in [0.15, 0.2) is 0 Å². The lowest BCUT2D eigenvalue weighted by atomic mass is 10.2. The molecule has 0 amide bonds. The third kappa shape index (κ3) is 4.72. The maximum Gasteiger partial charge on any atom is 0.137 e. The van der Waals surface area contributed by atoms with Crippen molar-refractivity contribution in [2.24, 2.45) is 0 Å². The lowest BCUT2D eigenvalue weighted by Gasteiger charge is -2.30. The van der Waals surface area contributed by atoms with Gasteiger partial charge in [0.05, 0.1) is 12.7 Å². The van der Waals surface area contributed by atoms with Crippen molar-refractivity contribution in [1.29, 1.82) is 0 Å². The average Bonchev–Trinajstić information content (AvgIpc) is 2.42. The Labute approximate surface area is 110 Å². The summed E-state index contributed by atoms with van der Waals surface area (Å²) in [6.07, 6.45) is 4.78. The van der Waals surface area contributed by atoms with Crippen LogP contribution in [0.3, 0.4) is 0 Å². The molecule has 0 aliphatic rings. The normalized spacial score (nSPS) is 14.7. The lowest BCUT2D eigenvalue weighted by Crippen LogP contribution is -2.32. The van der Waals surface area contributed by atoms with Gasteiger partial charge < -0.3 is 9.47 Å². The van der Waals surface area contributed by atoms with E-state index in [-0.39, 0.29) is 12.3 Å². The second-order valence-electron chi connectivity index (χ2n) is 4.46. The first-order chi connectivity index (χ1) is 8.69. The highest BCUT2D eigenvalue weighted by Gasteiger charge is 2.19. The SMILES string of the molecule is CCC(C)OC(c1ccncc1)N(C)CCOC. The summed E-state index contributed by atoms with van der Waals surface area (Å²) in [5.74, 6) is 0. The maximum absolute atomic E-state index is 6.09. The molecule has 2 atom stereocenters. The van der Waals surface area contributed by atoms with Gasteiger partial charge in [-0.25, -0.2) is 0 Å². The number of aromatic nitrogens is 1. The zero-order valence-electron chi connectivity index (χ0n) is 11.8. The van der Waals surface area contributed by atoms with E-state index in [1.807, 2.05) is 19.2 Å². The summed E-state index contributed by atoms with van der Waals surface area (Å²) < 4.78 is 11.2. The van der Waals surface area contributed by atoms with Crippen LogP contribution in [0.2, 0.25) is 0 Å².